The first kappa shape index (κ1) is 21.5. The van der Waals surface area contributed by atoms with Crippen molar-refractivity contribution in [2.24, 2.45) is 5.92 Å². The van der Waals surface area contributed by atoms with Gasteiger partial charge in [0.05, 0.1) is 22.2 Å². The van der Waals surface area contributed by atoms with E-state index in [9.17, 15) is 14.4 Å². The van der Waals surface area contributed by atoms with E-state index in [2.05, 4.69) is 15.0 Å². The molecule has 1 amide bonds. The monoisotopic (exact) mass is 410 g/mol. The van der Waals surface area contributed by atoms with E-state index in [1.807, 2.05) is 6.92 Å². The molecule has 10 heteroatoms. The van der Waals surface area contributed by atoms with Gasteiger partial charge in [-0.3, -0.25) is 4.79 Å². The third-order valence-electron chi connectivity index (χ3n) is 3.43. The maximum Gasteiger partial charge on any atom is 0.359 e. The molecule has 0 radical (unpaired) electrons. The van der Waals surface area contributed by atoms with Crippen LogP contribution in [0.3, 0.4) is 0 Å². The van der Waals surface area contributed by atoms with Gasteiger partial charge in [0.1, 0.15) is 6.04 Å². The van der Waals surface area contributed by atoms with Crippen LogP contribution in [0.2, 0.25) is 15.1 Å². The van der Waals surface area contributed by atoms with Crippen LogP contribution >= 0.6 is 34.8 Å². The number of amides is 1. The summed E-state index contributed by atoms with van der Waals surface area (Å²) >= 11 is 17.4. The molecule has 0 aliphatic rings. The summed E-state index contributed by atoms with van der Waals surface area (Å²) in [6.07, 6.45) is 1.78. The Balaban J connectivity index is 2.71. The summed E-state index contributed by atoms with van der Waals surface area (Å²) in [4.78, 5) is 39.4. The molecule has 0 saturated carbocycles. The number of nitrogens with zero attached hydrogens (tertiary/aromatic N) is 1. The van der Waals surface area contributed by atoms with Crippen LogP contribution in [0.15, 0.2) is 6.20 Å². The number of methoxy groups -OCH3 is 1. The number of pyridine rings is 1. The molecule has 1 aromatic rings. The summed E-state index contributed by atoms with van der Waals surface area (Å²) in [7, 11) is 1.22. The predicted octanol–water partition coefficient (Wildman–Crippen LogP) is 2.90. The molecule has 2 atom stereocenters. The molecule has 0 unspecified atom stereocenters. The SMILES string of the molecule is CC[C@@H](C)[C@H](NC(=O)COC(=O)c1ncc(Cl)c(Cl)c1Cl)C(=O)OC. The van der Waals surface area contributed by atoms with E-state index < -0.39 is 30.5 Å². The van der Waals surface area contributed by atoms with Crippen LogP contribution in [0.5, 0.6) is 0 Å². The Hall–Kier alpha value is -1.57. The van der Waals surface area contributed by atoms with E-state index in [1.165, 1.54) is 7.11 Å². The highest BCUT2D eigenvalue weighted by molar-refractivity contribution is 6.48. The lowest BCUT2D eigenvalue weighted by Gasteiger charge is -2.21. The first-order chi connectivity index (χ1) is 11.7. The molecule has 0 aromatic carbocycles. The van der Waals surface area contributed by atoms with Crippen LogP contribution < -0.4 is 5.32 Å². The Morgan fingerprint density at radius 2 is 1.88 bits per heavy atom. The van der Waals surface area contributed by atoms with Gasteiger partial charge >= 0.3 is 11.9 Å². The summed E-state index contributed by atoms with van der Waals surface area (Å²) in [6, 6.07) is -0.840. The molecule has 0 saturated heterocycles. The number of nitrogens with one attached hydrogen (secondary N) is 1. The Bertz CT molecular complexity index is 669. The highest BCUT2D eigenvalue weighted by Gasteiger charge is 2.27. The Kier molecular flexibility index (Phi) is 8.41. The van der Waals surface area contributed by atoms with Gasteiger partial charge in [-0.2, -0.15) is 0 Å². The van der Waals surface area contributed by atoms with Crippen molar-refractivity contribution in [3.8, 4) is 0 Å². The van der Waals surface area contributed by atoms with Gasteiger partial charge in [0.2, 0.25) is 0 Å². The Labute approximate surface area is 159 Å². The molecule has 7 nitrogen and oxygen atoms in total. The number of rotatable bonds is 7. The van der Waals surface area contributed by atoms with Crippen molar-refractivity contribution in [1.29, 1.82) is 0 Å². The van der Waals surface area contributed by atoms with E-state index in [0.717, 1.165) is 6.20 Å². The topological polar surface area (TPSA) is 94.6 Å². The van der Waals surface area contributed by atoms with Gasteiger partial charge in [-0.15, -0.1) is 0 Å². The van der Waals surface area contributed by atoms with Gasteiger partial charge in [-0.05, 0) is 5.92 Å². The second-order valence-electron chi connectivity index (χ2n) is 5.11. The molecule has 0 aliphatic heterocycles. The molecule has 25 heavy (non-hydrogen) atoms. The second kappa shape index (κ2) is 9.79. The van der Waals surface area contributed by atoms with Crippen molar-refractivity contribution in [2.45, 2.75) is 26.3 Å². The lowest BCUT2D eigenvalue weighted by atomic mass is 9.99. The number of aromatic nitrogens is 1. The van der Waals surface area contributed by atoms with Crippen LogP contribution in [0.4, 0.5) is 0 Å². The third-order valence-corrected chi connectivity index (χ3v) is 4.67. The first-order valence-electron chi connectivity index (χ1n) is 7.26. The molecular weight excluding hydrogens is 395 g/mol. The second-order valence-corrected chi connectivity index (χ2v) is 6.28. The summed E-state index contributed by atoms with van der Waals surface area (Å²) in [5, 5.41) is 2.33. The molecule has 0 fully saturated rings. The number of halogens is 3. The quantitative estimate of drug-likeness (QED) is 0.693. The van der Waals surface area contributed by atoms with Crippen molar-refractivity contribution in [3.05, 3.63) is 27.0 Å². The zero-order valence-corrected chi connectivity index (χ0v) is 16.0. The Morgan fingerprint density at radius 3 is 2.44 bits per heavy atom. The summed E-state index contributed by atoms with van der Waals surface area (Å²) < 4.78 is 9.50. The van der Waals surface area contributed by atoms with Crippen LogP contribution in [0, 0.1) is 5.92 Å². The van der Waals surface area contributed by atoms with Gasteiger partial charge in [-0.25, -0.2) is 14.6 Å². The maximum atomic E-state index is 12.0. The van der Waals surface area contributed by atoms with E-state index in [0.29, 0.717) is 6.42 Å². The van der Waals surface area contributed by atoms with Gasteiger partial charge in [0, 0.05) is 6.20 Å². The normalized spacial score (nSPS) is 12.9. The van der Waals surface area contributed by atoms with E-state index >= 15 is 0 Å². The average Bonchev–Trinajstić information content (AvgIpc) is 2.60. The van der Waals surface area contributed by atoms with Crippen molar-refractivity contribution < 1.29 is 23.9 Å². The number of hydrogen-bond acceptors (Lipinski definition) is 6. The fraction of sp³-hybridized carbons (Fsp3) is 0.467. The molecule has 0 bridgehead atoms. The number of esters is 2. The lowest BCUT2D eigenvalue weighted by Crippen LogP contribution is -2.47. The minimum absolute atomic E-state index is 0.0442. The fourth-order valence-electron chi connectivity index (χ4n) is 1.80. The summed E-state index contributed by atoms with van der Waals surface area (Å²) in [6.45, 7) is 3.03. The maximum absolute atomic E-state index is 12.0. The molecule has 0 aliphatic carbocycles. The van der Waals surface area contributed by atoms with Gasteiger partial charge in [0.25, 0.3) is 5.91 Å². The predicted molar refractivity (Wildman–Crippen MR) is 93.0 cm³/mol. The van der Waals surface area contributed by atoms with Crippen LogP contribution in [-0.4, -0.2) is 42.6 Å². The average molecular weight is 412 g/mol. The Morgan fingerprint density at radius 1 is 1.24 bits per heavy atom. The van der Waals surface area contributed by atoms with Crippen molar-refractivity contribution in [2.75, 3.05) is 13.7 Å². The first-order valence-corrected chi connectivity index (χ1v) is 8.40. The van der Waals surface area contributed by atoms with E-state index in [4.69, 9.17) is 39.5 Å². The minimum atomic E-state index is -0.947. The molecule has 1 aromatic heterocycles. The summed E-state index contributed by atoms with van der Waals surface area (Å²) in [5.74, 6) is -2.35. The summed E-state index contributed by atoms with van der Waals surface area (Å²) in [5.41, 5.74) is -0.268. The van der Waals surface area contributed by atoms with Crippen molar-refractivity contribution in [3.63, 3.8) is 0 Å². The zero-order chi connectivity index (χ0) is 19.1. The smallest absolute Gasteiger partial charge is 0.359 e. The molecule has 0 spiro atoms. The van der Waals surface area contributed by atoms with Gasteiger partial charge in [-0.1, -0.05) is 55.1 Å². The number of carbonyl (C=O) groups excluding carboxylic acids is 3. The molecule has 1 rings (SSSR count). The number of hydrogen-bond donors (Lipinski definition) is 1. The largest absolute Gasteiger partial charge is 0.467 e. The standard InChI is InChI=1S/C15H17Cl3N2O5/c1-4-7(2)12(14(22)24-3)20-9(21)6-25-15(23)13-11(18)10(17)8(16)5-19-13/h5,7,12H,4,6H2,1-3H3,(H,20,21)/t7-,12+/m1/s1. The van der Waals surface area contributed by atoms with Crippen LogP contribution in [0.25, 0.3) is 0 Å². The van der Waals surface area contributed by atoms with Crippen molar-refractivity contribution >= 4 is 52.6 Å². The van der Waals surface area contributed by atoms with Gasteiger partial charge in [0.15, 0.2) is 12.3 Å². The molecular formula is C15H17Cl3N2O5. The van der Waals surface area contributed by atoms with E-state index in [-0.39, 0.29) is 26.7 Å². The highest BCUT2D eigenvalue weighted by Crippen LogP contribution is 2.31. The number of carbonyl (C=O) groups is 3. The number of ether oxygens (including phenoxy) is 2. The highest BCUT2D eigenvalue weighted by atomic mass is 35.5. The van der Waals surface area contributed by atoms with Crippen LogP contribution in [-0.2, 0) is 19.1 Å². The molecule has 1 N–H and O–H groups in total. The zero-order valence-electron chi connectivity index (χ0n) is 13.8. The van der Waals surface area contributed by atoms with Crippen LogP contribution in [0.1, 0.15) is 30.8 Å². The molecule has 1 heterocycles. The van der Waals surface area contributed by atoms with Gasteiger partial charge < -0.3 is 14.8 Å². The lowest BCUT2D eigenvalue weighted by molar-refractivity contribution is -0.147. The molecule has 138 valence electrons. The third kappa shape index (κ3) is 5.73. The van der Waals surface area contributed by atoms with E-state index in [1.54, 1.807) is 6.92 Å². The van der Waals surface area contributed by atoms with Crippen molar-refractivity contribution in [1.82, 2.24) is 10.3 Å². The fourth-order valence-corrected chi connectivity index (χ4v) is 2.35. The minimum Gasteiger partial charge on any atom is -0.467 e.